The molecule has 16 heavy (non-hydrogen) atoms. The minimum absolute atomic E-state index is 0.359. The molecule has 0 saturated heterocycles. The minimum Gasteiger partial charge on any atom is -0.272 e. The van der Waals surface area contributed by atoms with Crippen LogP contribution in [0.5, 0.6) is 0 Å². The molecule has 1 fully saturated rings. The zero-order valence-electron chi connectivity index (χ0n) is 10.2. The van der Waals surface area contributed by atoms with E-state index in [9.17, 15) is 0 Å². The molecule has 1 aliphatic carbocycles. The van der Waals surface area contributed by atoms with Crippen LogP contribution in [0.1, 0.15) is 43.5 Å². The third kappa shape index (κ3) is 2.79. The monoisotopic (exact) mass is 240 g/mol. The number of aromatic nitrogens is 2. The van der Waals surface area contributed by atoms with E-state index in [1.807, 2.05) is 11.7 Å². The summed E-state index contributed by atoms with van der Waals surface area (Å²) in [6, 6.07) is 2.19. The van der Waals surface area contributed by atoms with Gasteiger partial charge in [0.2, 0.25) is 0 Å². The number of halogens is 1. The van der Waals surface area contributed by atoms with Gasteiger partial charge in [-0.15, -0.1) is 11.6 Å². The van der Waals surface area contributed by atoms with E-state index in [-0.39, 0.29) is 0 Å². The van der Waals surface area contributed by atoms with E-state index >= 15 is 0 Å². The standard InChI is InChI=1S/C13H21ClN2/c1-10-8-12(16(2)15-10)9-11-6-4-3-5-7-13(11)14/h8,11,13H,3-7,9H2,1-2H3. The van der Waals surface area contributed by atoms with Crippen molar-refractivity contribution in [2.45, 2.75) is 50.8 Å². The molecule has 90 valence electrons. The van der Waals surface area contributed by atoms with Gasteiger partial charge in [0, 0.05) is 18.1 Å². The van der Waals surface area contributed by atoms with Crippen molar-refractivity contribution >= 4 is 11.6 Å². The molecular formula is C13H21ClN2. The molecule has 1 aromatic rings. The topological polar surface area (TPSA) is 17.8 Å². The lowest BCUT2D eigenvalue weighted by Gasteiger charge is -2.19. The van der Waals surface area contributed by atoms with Gasteiger partial charge in [0.15, 0.2) is 0 Å². The molecule has 0 amide bonds. The zero-order valence-corrected chi connectivity index (χ0v) is 11.0. The Hall–Kier alpha value is -0.500. The summed E-state index contributed by atoms with van der Waals surface area (Å²) in [6.45, 7) is 2.05. The van der Waals surface area contributed by atoms with E-state index in [2.05, 4.69) is 18.1 Å². The largest absolute Gasteiger partial charge is 0.272 e. The Morgan fingerprint density at radius 1 is 1.38 bits per heavy atom. The van der Waals surface area contributed by atoms with Crippen molar-refractivity contribution in [3.8, 4) is 0 Å². The molecule has 2 rings (SSSR count). The van der Waals surface area contributed by atoms with E-state index < -0.39 is 0 Å². The Balaban J connectivity index is 2.04. The zero-order chi connectivity index (χ0) is 11.5. The fraction of sp³-hybridized carbons (Fsp3) is 0.769. The highest BCUT2D eigenvalue weighted by Crippen LogP contribution is 2.30. The highest BCUT2D eigenvalue weighted by molar-refractivity contribution is 6.20. The third-order valence-corrected chi connectivity index (χ3v) is 4.21. The van der Waals surface area contributed by atoms with Crippen LogP contribution in [0, 0.1) is 12.8 Å². The lowest BCUT2D eigenvalue weighted by atomic mass is 9.94. The second kappa shape index (κ2) is 5.22. The molecule has 1 heterocycles. The molecular weight excluding hydrogens is 220 g/mol. The number of alkyl halides is 1. The summed E-state index contributed by atoms with van der Waals surface area (Å²) in [5.41, 5.74) is 2.44. The number of aryl methyl sites for hydroxylation is 2. The van der Waals surface area contributed by atoms with Crippen molar-refractivity contribution in [1.82, 2.24) is 9.78 Å². The first-order valence-corrected chi connectivity index (χ1v) is 6.74. The van der Waals surface area contributed by atoms with Gasteiger partial charge in [0.05, 0.1) is 5.69 Å². The van der Waals surface area contributed by atoms with Gasteiger partial charge < -0.3 is 0 Å². The first-order valence-electron chi connectivity index (χ1n) is 6.30. The normalized spacial score (nSPS) is 26.7. The summed E-state index contributed by atoms with van der Waals surface area (Å²) in [5, 5.41) is 4.76. The molecule has 2 nitrogen and oxygen atoms in total. The maximum Gasteiger partial charge on any atom is 0.0596 e. The SMILES string of the molecule is Cc1cc(CC2CCCCCC2Cl)n(C)n1. The van der Waals surface area contributed by atoms with Gasteiger partial charge in [0.25, 0.3) is 0 Å². The lowest BCUT2D eigenvalue weighted by molar-refractivity contribution is 0.451. The van der Waals surface area contributed by atoms with E-state index in [1.54, 1.807) is 0 Å². The molecule has 0 bridgehead atoms. The summed E-state index contributed by atoms with van der Waals surface area (Å²) in [4.78, 5) is 0. The number of nitrogens with zero attached hydrogens (tertiary/aromatic N) is 2. The molecule has 1 aromatic heterocycles. The molecule has 2 atom stereocenters. The molecule has 1 saturated carbocycles. The Kier molecular flexibility index (Phi) is 3.91. The molecule has 0 aromatic carbocycles. The van der Waals surface area contributed by atoms with E-state index in [1.165, 1.54) is 37.8 Å². The van der Waals surface area contributed by atoms with Crippen molar-refractivity contribution in [3.63, 3.8) is 0 Å². The third-order valence-electron chi connectivity index (χ3n) is 3.64. The van der Waals surface area contributed by atoms with E-state index in [4.69, 9.17) is 11.6 Å². The van der Waals surface area contributed by atoms with Gasteiger partial charge in [-0.2, -0.15) is 5.10 Å². The van der Waals surface area contributed by atoms with Crippen molar-refractivity contribution in [2.75, 3.05) is 0 Å². The van der Waals surface area contributed by atoms with Crippen LogP contribution in [-0.2, 0) is 13.5 Å². The summed E-state index contributed by atoms with van der Waals surface area (Å²) < 4.78 is 2.00. The summed E-state index contributed by atoms with van der Waals surface area (Å²) in [7, 11) is 2.03. The second-order valence-corrected chi connectivity index (χ2v) is 5.58. The predicted octanol–water partition coefficient (Wildman–Crippen LogP) is 3.46. The van der Waals surface area contributed by atoms with Crippen LogP contribution in [0.2, 0.25) is 0 Å². The molecule has 1 aliphatic rings. The maximum absolute atomic E-state index is 6.47. The van der Waals surface area contributed by atoms with Crippen LogP contribution in [0.15, 0.2) is 6.07 Å². The smallest absolute Gasteiger partial charge is 0.0596 e. The Bertz CT molecular complexity index is 346. The van der Waals surface area contributed by atoms with Gasteiger partial charge in [-0.1, -0.05) is 19.3 Å². The van der Waals surface area contributed by atoms with Crippen molar-refractivity contribution < 1.29 is 0 Å². The quantitative estimate of drug-likeness (QED) is 0.572. The number of hydrogen-bond donors (Lipinski definition) is 0. The van der Waals surface area contributed by atoms with Crippen LogP contribution in [0.4, 0.5) is 0 Å². The van der Waals surface area contributed by atoms with Crippen LogP contribution in [0.3, 0.4) is 0 Å². The van der Waals surface area contributed by atoms with E-state index in [0.29, 0.717) is 11.3 Å². The predicted molar refractivity (Wildman–Crippen MR) is 67.9 cm³/mol. The van der Waals surface area contributed by atoms with Crippen molar-refractivity contribution in [1.29, 1.82) is 0 Å². The maximum atomic E-state index is 6.47. The Morgan fingerprint density at radius 3 is 2.81 bits per heavy atom. The highest BCUT2D eigenvalue weighted by atomic mass is 35.5. The molecule has 0 aliphatic heterocycles. The average molecular weight is 241 g/mol. The Labute approximate surface area is 103 Å². The first kappa shape index (κ1) is 12.0. The van der Waals surface area contributed by atoms with Gasteiger partial charge in [-0.25, -0.2) is 0 Å². The van der Waals surface area contributed by atoms with Gasteiger partial charge in [0.1, 0.15) is 0 Å². The van der Waals surface area contributed by atoms with Crippen LogP contribution >= 0.6 is 11.6 Å². The van der Waals surface area contributed by atoms with Gasteiger partial charge >= 0.3 is 0 Å². The number of hydrogen-bond acceptors (Lipinski definition) is 1. The molecule has 2 unspecified atom stereocenters. The van der Waals surface area contributed by atoms with Crippen molar-refractivity contribution in [3.05, 3.63) is 17.5 Å². The fourth-order valence-corrected chi connectivity index (χ4v) is 3.06. The van der Waals surface area contributed by atoms with Crippen LogP contribution in [0.25, 0.3) is 0 Å². The van der Waals surface area contributed by atoms with Gasteiger partial charge in [-0.3, -0.25) is 4.68 Å². The summed E-state index contributed by atoms with van der Waals surface area (Å²) in [6.07, 6.45) is 7.54. The lowest BCUT2D eigenvalue weighted by Crippen LogP contribution is -2.17. The van der Waals surface area contributed by atoms with E-state index in [0.717, 1.165) is 12.1 Å². The second-order valence-electron chi connectivity index (χ2n) is 5.02. The summed E-state index contributed by atoms with van der Waals surface area (Å²) in [5.74, 6) is 0.638. The average Bonchev–Trinajstić information content (AvgIpc) is 2.43. The molecule has 0 spiro atoms. The molecule has 0 radical (unpaired) electrons. The van der Waals surface area contributed by atoms with Crippen LogP contribution < -0.4 is 0 Å². The fourth-order valence-electron chi connectivity index (χ4n) is 2.69. The van der Waals surface area contributed by atoms with Gasteiger partial charge in [-0.05, 0) is 38.2 Å². The highest BCUT2D eigenvalue weighted by Gasteiger charge is 2.23. The molecule has 3 heteroatoms. The minimum atomic E-state index is 0.359. The van der Waals surface area contributed by atoms with Crippen LogP contribution in [-0.4, -0.2) is 15.2 Å². The molecule has 0 N–H and O–H groups in total. The summed E-state index contributed by atoms with van der Waals surface area (Å²) >= 11 is 6.47. The Morgan fingerprint density at radius 2 is 2.12 bits per heavy atom. The van der Waals surface area contributed by atoms with Crippen molar-refractivity contribution in [2.24, 2.45) is 13.0 Å². The first-order chi connectivity index (χ1) is 7.66. The number of rotatable bonds is 2.